The van der Waals surface area contributed by atoms with Crippen molar-refractivity contribution in [2.45, 2.75) is 66.8 Å². The van der Waals surface area contributed by atoms with Crippen molar-refractivity contribution in [1.29, 1.82) is 0 Å². The molecule has 4 unspecified atom stereocenters. The summed E-state index contributed by atoms with van der Waals surface area (Å²) in [6.45, 7) is -2.54. The number of carbonyl (C=O) groups excluding carboxylic acids is 4. The molecule has 0 bridgehead atoms. The van der Waals surface area contributed by atoms with E-state index in [9.17, 15) is 79.8 Å². The minimum absolute atomic E-state index is 0.0173. The third-order valence-corrected chi connectivity index (χ3v) is 20.4. The number of benzene rings is 4. The molecule has 0 aliphatic carbocycles. The van der Waals surface area contributed by atoms with E-state index >= 15 is 0 Å². The Bertz CT molecular complexity index is 4260. The number of thioether (sulfide) groups is 2. The number of ether oxygens (including phenoxy) is 6. The Labute approximate surface area is 557 Å². The predicted molar refractivity (Wildman–Crippen MR) is 339 cm³/mol. The Morgan fingerprint density at radius 1 is 0.582 bits per heavy atom. The zero-order valence-corrected chi connectivity index (χ0v) is 55.2. The molecule has 10 N–H and O–H groups in total. The molecule has 36 nitrogen and oxygen atoms in total. The van der Waals surface area contributed by atoms with Crippen LogP contribution in [0.2, 0.25) is 0 Å². The van der Waals surface area contributed by atoms with Crippen LogP contribution in [0.3, 0.4) is 0 Å². The van der Waals surface area contributed by atoms with Crippen LogP contribution in [0.15, 0.2) is 155 Å². The number of imidazole rings is 1. The minimum atomic E-state index is -6.61. The second-order valence-corrected chi connectivity index (χ2v) is 28.4. The number of aromatic nitrogens is 6. The predicted octanol–water partition coefficient (Wildman–Crippen LogP) is 8.94. The summed E-state index contributed by atoms with van der Waals surface area (Å²) in [6, 6.07) is 31.2. The van der Waals surface area contributed by atoms with E-state index in [-0.39, 0.29) is 51.4 Å². The lowest BCUT2D eigenvalue weighted by Crippen LogP contribution is -2.44. The first kappa shape index (κ1) is 74.2. The summed E-state index contributed by atoms with van der Waals surface area (Å²) in [6.07, 6.45) is -22.7. The molecule has 4 amide bonds. The number of rotatable bonds is 29. The standard InChI is InChI=1S/C53H56F3N11O25P4S2/c1-97-27-24-57-43-38-44(65-47(64-43)98-26-23-53(54,55)56)67(30-58-38)46-42(89-52(73)62-34-20-12-5-13-21-34)40(87-50(71)60-32-16-8-3-9-17-32)36(85-46)29-83-94(76,77)91-96(80,81)92-95(78,79)90-93(74,75)82-28-35-39(86-49(70)59-31-14-6-2-7-15-31)41(88-51(72)61-33-18-10-4-11-19-33)45(84-35)66-25-22-37(68)63-48(66)69/h2-22,25,30,35-36,39-42,45-46H,23-24,26-29H2,1H3,(H,59,70)(H,60,71)(H,61,72)(H,62,73)(H,74,75)(H,76,77)(H,78,79)(H,80,81)(H,57,64,65)(H,63,68,69)/t35-,36+,39-,40+,41-,42+,45-,46+/m0/s1. The Hall–Kier alpha value is -8.04. The van der Waals surface area contributed by atoms with Gasteiger partial charge in [-0.15, -0.1) is 0 Å². The number of nitrogens with one attached hydrogen (secondary N) is 6. The first-order valence-electron chi connectivity index (χ1n) is 28.1. The highest BCUT2D eigenvalue weighted by Crippen LogP contribution is 2.71. The highest BCUT2D eigenvalue weighted by atomic mass is 32.2. The highest BCUT2D eigenvalue weighted by molar-refractivity contribution is 7.99. The van der Waals surface area contributed by atoms with Gasteiger partial charge in [0.25, 0.3) is 5.56 Å². The fraction of sp³-hybridized carbons (Fsp3) is 0.302. The van der Waals surface area contributed by atoms with Crippen LogP contribution < -0.4 is 37.8 Å². The van der Waals surface area contributed by atoms with Crippen molar-refractivity contribution in [2.75, 3.05) is 64.1 Å². The molecule has 0 radical (unpaired) electrons. The molecule has 2 aliphatic rings. The van der Waals surface area contributed by atoms with Crippen LogP contribution in [-0.4, -0.2) is 153 Å². The normalized spacial score (nSPS) is 21.6. The van der Waals surface area contributed by atoms with Crippen LogP contribution >= 0.6 is 54.8 Å². The number of alkyl halides is 3. The largest absolute Gasteiger partial charge is 0.490 e. The number of aromatic amines is 1. The summed E-state index contributed by atoms with van der Waals surface area (Å²) in [7, 11) is -25.7. The van der Waals surface area contributed by atoms with E-state index in [0.717, 1.165) is 23.2 Å². The average molecular weight is 1490 g/mol. The van der Waals surface area contributed by atoms with E-state index in [1.165, 1.54) is 84.6 Å². The van der Waals surface area contributed by atoms with Crippen molar-refractivity contribution in [2.24, 2.45) is 0 Å². The van der Waals surface area contributed by atoms with Gasteiger partial charge in [-0.05, 0) is 54.8 Å². The van der Waals surface area contributed by atoms with Gasteiger partial charge in [-0.1, -0.05) is 84.6 Å². The molecule has 2 fully saturated rings. The van der Waals surface area contributed by atoms with Crippen molar-refractivity contribution in [3.8, 4) is 0 Å². The molecular weight excluding hydrogens is 1440 g/mol. The SMILES string of the molecule is CSCCNc1nc(SCCC(F)(F)F)nc2c1ncn2[C@@H]1O[C@H](COP(=O)(O)OP(=O)(O)OP(=O)(O)OP(=O)(O)OC[C@@H]2O[C@H](n3ccc(=O)[nH]c3=O)[C@@H](OC(=O)Nc3ccccc3)[C@H]2OC(=O)Nc2ccccc2)[C@@H](OC(=O)Nc2ccccc2)[C@H]1OC(=O)Nc1ccccc1. The molecule has 9 rings (SSSR count). The quantitative estimate of drug-likeness (QED) is 0.00687. The summed E-state index contributed by atoms with van der Waals surface area (Å²) < 4.78 is 153. The molecular formula is C53H56F3N11O25P4S2. The maximum absolute atomic E-state index is 13.8. The van der Waals surface area contributed by atoms with Crippen LogP contribution in [-0.2, 0) is 68.7 Å². The van der Waals surface area contributed by atoms with Gasteiger partial charge in [0.15, 0.2) is 59.0 Å². The first-order valence-corrected chi connectivity index (χ1v) is 36.5. The van der Waals surface area contributed by atoms with Crippen molar-refractivity contribution < 1.29 is 121 Å². The Kier molecular flexibility index (Phi) is 24.8. The molecule has 98 heavy (non-hydrogen) atoms. The Morgan fingerprint density at radius 2 is 0.990 bits per heavy atom. The van der Waals surface area contributed by atoms with Crippen LogP contribution in [0.4, 0.5) is 60.9 Å². The lowest BCUT2D eigenvalue weighted by molar-refractivity contribution is -0.129. The number of phosphoric acid groups is 4. The highest BCUT2D eigenvalue weighted by Gasteiger charge is 2.55. The molecule has 526 valence electrons. The number of nitrogens with zero attached hydrogens (tertiary/aromatic N) is 5. The number of phosphoric ester groups is 2. The van der Waals surface area contributed by atoms with Gasteiger partial charge in [-0.2, -0.15) is 37.9 Å². The fourth-order valence-corrected chi connectivity index (χ4v) is 15.2. The number of H-pyrrole nitrogens is 1. The van der Waals surface area contributed by atoms with Gasteiger partial charge < -0.3 is 53.3 Å². The summed E-state index contributed by atoms with van der Waals surface area (Å²) in [5, 5.41) is 12.5. The van der Waals surface area contributed by atoms with E-state index in [4.69, 9.17) is 37.5 Å². The Morgan fingerprint density at radius 3 is 1.40 bits per heavy atom. The number of halogens is 3. The Balaban J connectivity index is 0.940. The molecule has 45 heteroatoms. The molecule has 0 saturated carbocycles. The van der Waals surface area contributed by atoms with Crippen molar-refractivity contribution in [3.05, 3.63) is 161 Å². The van der Waals surface area contributed by atoms with Gasteiger partial charge in [0.1, 0.15) is 12.2 Å². The van der Waals surface area contributed by atoms with Crippen molar-refractivity contribution in [3.63, 3.8) is 0 Å². The number of hydrogen-bond acceptors (Lipinski definition) is 27. The molecule has 12 atom stereocenters. The van der Waals surface area contributed by atoms with Gasteiger partial charge in [0, 0.05) is 53.1 Å². The summed E-state index contributed by atoms with van der Waals surface area (Å²) in [5.74, 6) is -0.00295. The summed E-state index contributed by atoms with van der Waals surface area (Å²) in [5.41, 5.74) is -1.67. The molecule has 4 aromatic carbocycles. The van der Waals surface area contributed by atoms with Crippen LogP contribution in [0.25, 0.3) is 11.2 Å². The van der Waals surface area contributed by atoms with Gasteiger partial charge in [-0.25, -0.2) is 57.2 Å². The van der Waals surface area contributed by atoms with E-state index < -0.39 is 148 Å². The van der Waals surface area contributed by atoms with E-state index in [0.29, 0.717) is 22.1 Å². The van der Waals surface area contributed by atoms with Crippen molar-refractivity contribution >= 4 is 119 Å². The maximum atomic E-state index is 13.8. The number of hydrogen-bond donors (Lipinski definition) is 10. The smallest absolute Gasteiger partial charge is 0.439 e. The number of carbonyl (C=O) groups is 4. The van der Waals surface area contributed by atoms with Crippen LogP contribution in [0.5, 0.6) is 0 Å². The lowest BCUT2D eigenvalue weighted by atomic mass is 10.1. The minimum Gasteiger partial charge on any atom is -0.439 e. The second-order valence-electron chi connectivity index (χ2n) is 20.1. The number of fused-ring (bicyclic) bond motifs is 1. The molecule has 3 aromatic heterocycles. The number of anilines is 5. The van der Waals surface area contributed by atoms with Crippen LogP contribution in [0, 0.1) is 0 Å². The van der Waals surface area contributed by atoms with Crippen molar-refractivity contribution in [1.82, 2.24) is 29.1 Å². The van der Waals surface area contributed by atoms with Gasteiger partial charge >= 0.3 is 67.5 Å². The molecule has 7 aromatic rings. The summed E-state index contributed by atoms with van der Waals surface area (Å²) >= 11 is 2.05. The molecule has 5 heterocycles. The lowest BCUT2D eigenvalue weighted by Gasteiger charge is -2.25. The number of amides is 4. The number of para-hydroxylation sites is 4. The van der Waals surface area contributed by atoms with E-state index in [1.807, 2.05) is 4.98 Å². The zero-order chi connectivity index (χ0) is 70.4. The maximum Gasteiger partial charge on any atom is 0.490 e. The van der Waals surface area contributed by atoms with E-state index in [2.05, 4.69) is 54.5 Å². The third-order valence-electron chi connectivity index (χ3n) is 13.1. The average Bonchev–Trinajstić information content (AvgIpc) is 1.60. The zero-order valence-electron chi connectivity index (χ0n) is 50.0. The molecule has 0 spiro atoms. The third kappa shape index (κ3) is 21.5. The van der Waals surface area contributed by atoms with Crippen LogP contribution in [0.1, 0.15) is 18.9 Å². The van der Waals surface area contributed by atoms with Gasteiger partial charge in [0.05, 0.1) is 26.0 Å². The second kappa shape index (κ2) is 32.8. The monoisotopic (exact) mass is 1490 g/mol. The topological polar surface area (TPSA) is 478 Å². The first-order chi connectivity index (χ1) is 46.5. The van der Waals surface area contributed by atoms with Gasteiger partial charge in [0.2, 0.25) is 0 Å². The fourth-order valence-electron chi connectivity index (χ4n) is 9.07. The molecule has 2 saturated heterocycles. The van der Waals surface area contributed by atoms with E-state index in [1.54, 1.807) is 54.8 Å². The molecule has 2 aliphatic heterocycles. The van der Waals surface area contributed by atoms with Gasteiger partial charge in [-0.3, -0.25) is 49.2 Å². The summed E-state index contributed by atoms with van der Waals surface area (Å²) in [4.78, 5) is 138.